The standard InChI is InChI=1S/C14H19.3CH2O2.Ti/c1-10-11-6-2-4-8-13(11)14-9-5-3-7-12(10)14;3*2-1-3;/h6,10H,2-5,7-9H2,1H3;3*1H,(H,2,3);/q-1;;;;. The first-order valence-corrected chi connectivity index (χ1v) is 7.64. The van der Waals surface area contributed by atoms with E-state index >= 15 is 0 Å². The first kappa shape index (κ1) is 24.7. The summed E-state index contributed by atoms with van der Waals surface area (Å²) in [5, 5.41) is 20.7. The van der Waals surface area contributed by atoms with E-state index in [1.807, 2.05) is 0 Å². The Bertz CT molecular complexity index is 410. The minimum atomic E-state index is -0.250. The zero-order valence-electron chi connectivity index (χ0n) is 13.9. The monoisotopic (exact) mass is 373 g/mol. The Kier molecular flexibility index (Phi) is 15.5. The summed E-state index contributed by atoms with van der Waals surface area (Å²) in [4.78, 5) is 25.1. The fourth-order valence-corrected chi connectivity index (χ4v) is 3.51. The van der Waals surface area contributed by atoms with Gasteiger partial charge < -0.3 is 15.3 Å². The zero-order chi connectivity index (χ0) is 17.7. The van der Waals surface area contributed by atoms with E-state index in [0.29, 0.717) is 0 Å². The molecule has 0 fully saturated rings. The Balaban J connectivity index is 0. The largest absolute Gasteiger partial charge is 0.483 e. The summed E-state index contributed by atoms with van der Waals surface area (Å²) in [6.07, 6.45) is 12.2. The molecule has 0 bridgehead atoms. The van der Waals surface area contributed by atoms with Gasteiger partial charge in [0, 0.05) is 21.7 Å². The summed E-state index contributed by atoms with van der Waals surface area (Å²) in [6, 6.07) is 0. The van der Waals surface area contributed by atoms with Gasteiger partial charge in [-0.2, -0.15) is 5.57 Å². The molecule has 0 aromatic carbocycles. The van der Waals surface area contributed by atoms with E-state index in [1.54, 1.807) is 22.3 Å². The van der Waals surface area contributed by atoms with Crippen molar-refractivity contribution in [2.45, 2.75) is 51.9 Å². The molecule has 3 aliphatic rings. The van der Waals surface area contributed by atoms with Crippen LogP contribution in [0.4, 0.5) is 0 Å². The van der Waals surface area contributed by atoms with Crippen molar-refractivity contribution in [1.29, 1.82) is 0 Å². The van der Waals surface area contributed by atoms with Crippen molar-refractivity contribution < 1.29 is 51.4 Å². The van der Waals surface area contributed by atoms with Crippen molar-refractivity contribution in [3.63, 3.8) is 0 Å². The Morgan fingerprint density at radius 3 is 1.88 bits per heavy atom. The molecule has 24 heavy (non-hydrogen) atoms. The van der Waals surface area contributed by atoms with Crippen LogP contribution in [0.25, 0.3) is 0 Å². The first-order valence-electron chi connectivity index (χ1n) is 7.64. The maximum Gasteiger partial charge on any atom is 0.290 e. The van der Waals surface area contributed by atoms with E-state index in [0.717, 1.165) is 5.92 Å². The minimum absolute atomic E-state index is 0. The van der Waals surface area contributed by atoms with Crippen molar-refractivity contribution in [2.75, 3.05) is 0 Å². The molecule has 1 atom stereocenters. The normalized spacial score (nSPS) is 19.8. The number of rotatable bonds is 0. The van der Waals surface area contributed by atoms with E-state index in [4.69, 9.17) is 29.7 Å². The Hall–Kier alpha value is -1.53. The average molecular weight is 373 g/mol. The molecule has 0 heterocycles. The maximum atomic E-state index is 8.36. The molecular formula is C17H25O6Ti-. The minimum Gasteiger partial charge on any atom is -0.483 e. The average Bonchev–Trinajstić information content (AvgIpc) is 2.84. The van der Waals surface area contributed by atoms with Crippen LogP contribution in [0.5, 0.6) is 0 Å². The molecule has 7 heteroatoms. The van der Waals surface area contributed by atoms with Crippen molar-refractivity contribution in [2.24, 2.45) is 5.92 Å². The molecule has 0 spiro atoms. The van der Waals surface area contributed by atoms with Crippen LogP contribution in [0.15, 0.2) is 22.3 Å². The van der Waals surface area contributed by atoms with Gasteiger partial charge in [0.25, 0.3) is 19.4 Å². The summed E-state index contributed by atoms with van der Waals surface area (Å²) < 4.78 is 0. The van der Waals surface area contributed by atoms with E-state index in [2.05, 4.69) is 13.3 Å². The molecule has 3 N–H and O–H groups in total. The molecule has 6 nitrogen and oxygen atoms in total. The number of carbonyl (C=O) groups is 3. The predicted molar refractivity (Wildman–Crippen MR) is 85.9 cm³/mol. The Labute approximate surface area is 157 Å². The molecule has 1 unspecified atom stereocenters. The molecule has 0 aromatic rings. The van der Waals surface area contributed by atoms with Gasteiger partial charge in [0.2, 0.25) is 0 Å². The zero-order valence-corrected chi connectivity index (χ0v) is 15.5. The summed E-state index contributed by atoms with van der Waals surface area (Å²) in [7, 11) is 0. The van der Waals surface area contributed by atoms with Crippen LogP contribution < -0.4 is 0 Å². The van der Waals surface area contributed by atoms with Crippen LogP contribution >= 0.6 is 0 Å². The van der Waals surface area contributed by atoms with E-state index in [1.165, 1.54) is 44.9 Å². The quantitative estimate of drug-likeness (QED) is 0.341. The van der Waals surface area contributed by atoms with Crippen LogP contribution in [0, 0.1) is 12.3 Å². The molecule has 0 saturated carbocycles. The van der Waals surface area contributed by atoms with Gasteiger partial charge in [0.15, 0.2) is 0 Å². The fourth-order valence-electron chi connectivity index (χ4n) is 3.51. The fraction of sp³-hybridized carbons (Fsp3) is 0.529. The van der Waals surface area contributed by atoms with E-state index in [-0.39, 0.29) is 41.1 Å². The predicted octanol–water partition coefficient (Wildman–Crippen LogP) is 3.29. The molecule has 3 rings (SSSR count). The van der Waals surface area contributed by atoms with E-state index < -0.39 is 0 Å². The Morgan fingerprint density at radius 2 is 1.33 bits per heavy atom. The van der Waals surface area contributed by atoms with Crippen molar-refractivity contribution in [1.82, 2.24) is 0 Å². The molecule has 0 saturated heterocycles. The summed E-state index contributed by atoms with van der Waals surface area (Å²) in [5.41, 5.74) is 7.07. The van der Waals surface area contributed by atoms with E-state index in [9.17, 15) is 0 Å². The number of allylic oxidation sites excluding steroid dienone is 4. The smallest absolute Gasteiger partial charge is 0.290 e. The van der Waals surface area contributed by atoms with Gasteiger partial charge in [-0.05, 0) is 25.2 Å². The SMILES string of the molecule is CC1C2=C(CCC[CH-]2)C2=C1CCCC2.O=CO.O=CO.O=CO.[Ti]. The molecule has 134 valence electrons. The second kappa shape index (κ2) is 15.0. The van der Waals surface area contributed by atoms with Crippen molar-refractivity contribution in [3.8, 4) is 0 Å². The second-order valence-corrected chi connectivity index (χ2v) is 5.28. The Morgan fingerprint density at radius 1 is 0.875 bits per heavy atom. The van der Waals surface area contributed by atoms with Crippen LogP contribution in [0.3, 0.4) is 0 Å². The summed E-state index contributed by atoms with van der Waals surface area (Å²) >= 11 is 0. The molecule has 3 aliphatic carbocycles. The van der Waals surface area contributed by atoms with Gasteiger partial charge in [-0.15, -0.1) is 12.0 Å². The van der Waals surface area contributed by atoms with Crippen molar-refractivity contribution in [3.05, 3.63) is 28.7 Å². The van der Waals surface area contributed by atoms with Gasteiger partial charge in [0.05, 0.1) is 0 Å². The number of hydrogen-bond donors (Lipinski definition) is 3. The molecule has 0 aromatic heterocycles. The van der Waals surface area contributed by atoms with Gasteiger partial charge >= 0.3 is 0 Å². The van der Waals surface area contributed by atoms with Crippen LogP contribution in [0.1, 0.15) is 51.9 Å². The maximum absolute atomic E-state index is 8.36. The molecule has 0 amide bonds. The molecular weight excluding hydrogens is 348 g/mol. The second-order valence-electron chi connectivity index (χ2n) is 5.28. The van der Waals surface area contributed by atoms with Gasteiger partial charge in [0.1, 0.15) is 0 Å². The van der Waals surface area contributed by atoms with Gasteiger partial charge in [-0.3, -0.25) is 14.4 Å². The third-order valence-electron chi connectivity index (χ3n) is 4.21. The summed E-state index contributed by atoms with van der Waals surface area (Å²) in [5.74, 6) is 0.778. The first-order chi connectivity index (χ1) is 11.1. The van der Waals surface area contributed by atoms with Crippen LogP contribution in [-0.2, 0) is 36.1 Å². The topological polar surface area (TPSA) is 112 Å². The van der Waals surface area contributed by atoms with Gasteiger partial charge in [-0.25, -0.2) is 12.0 Å². The van der Waals surface area contributed by atoms with Crippen molar-refractivity contribution >= 4 is 19.4 Å². The number of carboxylic acid groups (broad SMARTS) is 3. The van der Waals surface area contributed by atoms with Crippen LogP contribution in [0.2, 0.25) is 0 Å². The molecule has 0 aliphatic heterocycles. The molecule has 0 radical (unpaired) electrons. The third-order valence-corrected chi connectivity index (χ3v) is 4.21. The van der Waals surface area contributed by atoms with Crippen LogP contribution in [-0.4, -0.2) is 34.7 Å². The summed E-state index contributed by atoms with van der Waals surface area (Å²) in [6.45, 7) is 1.67. The van der Waals surface area contributed by atoms with Gasteiger partial charge in [-0.1, -0.05) is 31.8 Å². The number of fused-ring (bicyclic) bond motifs is 1. The third kappa shape index (κ3) is 7.36. The number of hydrogen-bond acceptors (Lipinski definition) is 3.